The first kappa shape index (κ1) is 16.7. The van der Waals surface area contributed by atoms with Gasteiger partial charge in [-0.05, 0) is 35.0 Å². The molecule has 0 radical (unpaired) electrons. The zero-order chi connectivity index (χ0) is 17.1. The fourth-order valence-electron chi connectivity index (χ4n) is 2.70. The minimum Gasteiger partial charge on any atom is -0.353 e. The van der Waals surface area contributed by atoms with Crippen LogP contribution in [0.5, 0.6) is 0 Å². The molecule has 126 valence electrons. The third kappa shape index (κ3) is 3.84. The SMILES string of the molecule is CC(=O)N1CCN(c2cc(C)nc(Nc3ccccc3Br)n2)CC1. The molecule has 2 heterocycles. The average molecular weight is 390 g/mol. The maximum atomic E-state index is 11.5. The second kappa shape index (κ2) is 7.17. The first-order valence-corrected chi connectivity index (χ1v) is 8.70. The van der Waals surface area contributed by atoms with Gasteiger partial charge < -0.3 is 15.1 Å². The summed E-state index contributed by atoms with van der Waals surface area (Å²) < 4.78 is 0.965. The Morgan fingerprint density at radius 1 is 1.17 bits per heavy atom. The molecule has 1 aromatic heterocycles. The maximum Gasteiger partial charge on any atom is 0.229 e. The largest absolute Gasteiger partial charge is 0.353 e. The predicted molar refractivity (Wildman–Crippen MR) is 98.7 cm³/mol. The first-order chi connectivity index (χ1) is 11.5. The molecule has 2 aromatic rings. The maximum absolute atomic E-state index is 11.5. The van der Waals surface area contributed by atoms with Crippen LogP contribution in [-0.2, 0) is 4.79 Å². The van der Waals surface area contributed by atoms with Gasteiger partial charge in [0, 0.05) is 49.3 Å². The summed E-state index contributed by atoms with van der Waals surface area (Å²) in [6.45, 7) is 6.60. The molecule has 6 nitrogen and oxygen atoms in total. The van der Waals surface area contributed by atoms with Crippen molar-refractivity contribution in [2.75, 3.05) is 36.4 Å². The van der Waals surface area contributed by atoms with E-state index >= 15 is 0 Å². The second-order valence-electron chi connectivity index (χ2n) is 5.79. The number of benzene rings is 1. The minimum atomic E-state index is 0.129. The van der Waals surface area contributed by atoms with E-state index in [1.54, 1.807) is 6.92 Å². The lowest BCUT2D eigenvalue weighted by atomic mass is 10.3. The summed E-state index contributed by atoms with van der Waals surface area (Å²) in [5.41, 5.74) is 1.83. The van der Waals surface area contributed by atoms with Crippen molar-refractivity contribution in [1.29, 1.82) is 0 Å². The van der Waals surface area contributed by atoms with Crippen LogP contribution in [0.25, 0.3) is 0 Å². The van der Waals surface area contributed by atoms with Crippen molar-refractivity contribution in [3.05, 3.63) is 40.5 Å². The van der Waals surface area contributed by atoms with Crippen molar-refractivity contribution in [2.24, 2.45) is 0 Å². The highest BCUT2D eigenvalue weighted by Gasteiger charge is 2.20. The van der Waals surface area contributed by atoms with Crippen LogP contribution in [0.2, 0.25) is 0 Å². The van der Waals surface area contributed by atoms with E-state index in [1.807, 2.05) is 42.2 Å². The molecule has 1 aliphatic heterocycles. The van der Waals surface area contributed by atoms with Gasteiger partial charge in [0.15, 0.2) is 0 Å². The van der Waals surface area contributed by atoms with Gasteiger partial charge in [0.1, 0.15) is 5.82 Å². The minimum absolute atomic E-state index is 0.129. The van der Waals surface area contributed by atoms with Crippen molar-refractivity contribution in [2.45, 2.75) is 13.8 Å². The van der Waals surface area contributed by atoms with Gasteiger partial charge in [-0.15, -0.1) is 0 Å². The Kier molecular flexibility index (Phi) is 4.99. The van der Waals surface area contributed by atoms with Gasteiger partial charge in [0.25, 0.3) is 0 Å². The smallest absolute Gasteiger partial charge is 0.229 e. The Labute approximate surface area is 150 Å². The van der Waals surface area contributed by atoms with Crippen molar-refractivity contribution >= 4 is 39.3 Å². The van der Waals surface area contributed by atoms with Crippen molar-refractivity contribution < 1.29 is 4.79 Å². The zero-order valence-electron chi connectivity index (χ0n) is 13.8. The van der Waals surface area contributed by atoms with Crippen molar-refractivity contribution in [3.8, 4) is 0 Å². The van der Waals surface area contributed by atoms with Crippen LogP contribution in [0.1, 0.15) is 12.6 Å². The third-order valence-electron chi connectivity index (χ3n) is 4.01. The number of carbonyl (C=O) groups is 1. The molecule has 0 bridgehead atoms. The molecule has 1 amide bonds. The Balaban J connectivity index is 1.77. The van der Waals surface area contributed by atoms with E-state index < -0.39 is 0 Å². The van der Waals surface area contributed by atoms with Crippen LogP contribution >= 0.6 is 15.9 Å². The van der Waals surface area contributed by atoms with Crippen LogP contribution in [0, 0.1) is 6.92 Å². The summed E-state index contributed by atoms with van der Waals surface area (Å²) in [5.74, 6) is 1.59. The molecule has 1 aromatic carbocycles. The summed E-state index contributed by atoms with van der Waals surface area (Å²) in [6, 6.07) is 9.85. The summed E-state index contributed by atoms with van der Waals surface area (Å²) >= 11 is 3.52. The van der Waals surface area contributed by atoms with Crippen molar-refractivity contribution in [3.63, 3.8) is 0 Å². The van der Waals surface area contributed by atoms with Crippen molar-refractivity contribution in [1.82, 2.24) is 14.9 Å². The normalized spacial score (nSPS) is 14.6. The quantitative estimate of drug-likeness (QED) is 0.873. The van der Waals surface area contributed by atoms with Crippen LogP contribution < -0.4 is 10.2 Å². The Bertz CT molecular complexity index is 744. The van der Waals surface area contributed by atoms with Gasteiger partial charge in [0.2, 0.25) is 11.9 Å². The van der Waals surface area contributed by atoms with Gasteiger partial charge in [-0.3, -0.25) is 4.79 Å². The van der Waals surface area contributed by atoms with E-state index in [-0.39, 0.29) is 5.91 Å². The highest BCUT2D eigenvalue weighted by Crippen LogP contribution is 2.25. The van der Waals surface area contributed by atoms with Gasteiger partial charge in [-0.2, -0.15) is 4.98 Å². The summed E-state index contributed by atoms with van der Waals surface area (Å²) in [7, 11) is 0. The van der Waals surface area contributed by atoms with E-state index in [0.717, 1.165) is 47.9 Å². The number of nitrogens with zero attached hydrogens (tertiary/aromatic N) is 4. The number of piperazine rings is 1. The highest BCUT2D eigenvalue weighted by molar-refractivity contribution is 9.10. The number of aromatic nitrogens is 2. The van der Waals surface area contributed by atoms with Gasteiger partial charge in [-0.1, -0.05) is 12.1 Å². The molecule has 0 aliphatic carbocycles. The molecular weight excluding hydrogens is 370 g/mol. The number of hydrogen-bond donors (Lipinski definition) is 1. The summed E-state index contributed by atoms with van der Waals surface area (Å²) in [5, 5.41) is 3.26. The summed E-state index contributed by atoms with van der Waals surface area (Å²) in [6.07, 6.45) is 0. The molecule has 0 spiro atoms. The number of hydrogen-bond acceptors (Lipinski definition) is 5. The highest BCUT2D eigenvalue weighted by atomic mass is 79.9. The van der Waals surface area contributed by atoms with E-state index in [2.05, 4.69) is 36.1 Å². The first-order valence-electron chi connectivity index (χ1n) is 7.90. The lowest BCUT2D eigenvalue weighted by Gasteiger charge is -2.35. The van der Waals surface area contributed by atoms with Gasteiger partial charge >= 0.3 is 0 Å². The third-order valence-corrected chi connectivity index (χ3v) is 4.70. The number of aryl methyl sites for hydroxylation is 1. The number of amides is 1. The number of halogens is 1. The van der Waals surface area contributed by atoms with E-state index in [0.29, 0.717) is 5.95 Å². The van der Waals surface area contributed by atoms with E-state index in [1.165, 1.54) is 0 Å². The van der Waals surface area contributed by atoms with Crippen LogP contribution in [0.4, 0.5) is 17.5 Å². The molecule has 0 atom stereocenters. The molecule has 3 rings (SSSR count). The number of rotatable bonds is 3. The lowest BCUT2D eigenvalue weighted by molar-refractivity contribution is -0.129. The fourth-order valence-corrected chi connectivity index (χ4v) is 3.09. The van der Waals surface area contributed by atoms with Crippen LogP contribution in [0.15, 0.2) is 34.8 Å². The summed E-state index contributed by atoms with van der Waals surface area (Å²) in [4.78, 5) is 24.6. The number of carbonyl (C=O) groups excluding carboxylic acids is 1. The number of anilines is 3. The molecule has 1 saturated heterocycles. The topological polar surface area (TPSA) is 61.4 Å². The predicted octanol–water partition coefficient (Wildman–Crippen LogP) is 2.96. The fraction of sp³-hybridized carbons (Fsp3) is 0.353. The molecule has 1 aliphatic rings. The number of nitrogens with one attached hydrogen (secondary N) is 1. The standard InChI is InChI=1S/C17H20BrN5O/c1-12-11-16(23-9-7-22(8-10-23)13(2)24)21-17(19-12)20-15-6-4-3-5-14(15)18/h3-6,11H,7-10H2,1-2H3,(H,19,20,21). The van der Waals surface area contributed by atoms with Crippen LogP contribution in [-0.4, -0.2) is 47.0 Å². The molecule has 7 heteroatoms. The molecule has 24 heavy (non-hydrogen) atoms. The Hall–Kier alpha value is -2.15. The van der Waals surface area contributed by atoms with Crippen LogP contribution in [0.3, 0.4) is 0 Å². The van der Waals surface area contributed by atoms with Gasteiger partial charge in [-0.25, -0.2) is 4.98 Å². The molecule has 0 saturated carbocycles. The Morgan fingerprint density at radius 2 is 1.88 bits per heavy atom. The van der Waals surface area contributed by atoms with E-state index in [9.17, 15) is 4.79 Å². The Morgan fingerprint density at radius 3 is 2.54 bits per heavy atom. The zero-order valence-corrected chi connectivity index (χ0v) is 15.4. The molecular formula is C17H20BrN5O. The second-order valence-corrected chi connectivity index (χ2v) is 6.64. The molecule has 1 fully saturated rings. The lowest BCUT2D eigenvalue weighted by Crippen LogP contribution is -2.48. The monoisotopic (exact) mass is 389 g/mol. The van der Waals surface area contributed by atoms with Gasteiger partial charge in [0.05, 0.1) is 5.69 Å². The van der Waals surface area contributed by atoms with E-state index in [4.69, 9.17) is 0 Å². The number of para-hydroxylation sites is 1. The average Bonchev–Trinajstić information content (AvgIpc) is 2.56. The molecule has 0 unspecified atom stereocenters. The molecule has 1 N–H and O–H groups in total.